The highest BCUT2D eigenvalue weighted by Crippen LogP contribution is 2.31. The number of hydrogen-bond donors (Lipinski definition) is 3. The van der Waals surface area contributed by atoms with Crippen LogP contribution in [0.1, 0.15) is 41.7 Å². The van der Waals surface area contributed by atoms with E-state index in [1.165, 1.54) is 24.2 Å². The van der Waals surface area contributed by atoms with E-state index in [-0.39, 0.29) is 12.0 Å². The number of nitrogens with one attached hydrogen (secondary N) is 2. The fraction of sp³-hybridized carbons (Fsp3) is 0.333. The summed E-state index contributed by atoms with van der Waals surface area (Å²) in [6.45, 7) is 8.36. The number of rotatable bonds is 5. The molecule has 0 radical (unpaired) electrons. The second-order valence-electron chi connectivity index (χ2n) is 7.72. The molecular weight excluding hydrogens is 417 g/mol. The van der Waals surface area contributed by atoms with Crippen LogP contribution in [0, 0.1) is 5.41 Å². The summed E-state index contributed by atoms with van der Waals surface area (Å²) >= 11 is 0. The number of nitrogens with zero attached hydrogens (tertiary/aromatic N) is 1. The van der Waals surface area contributed by atoms with E-state index in [9.17, 15) is 13.2 Å². The quantitative estimate of drug-likeness (QED) is 0.463. The Kier molecular flexibility index (Phi) is 10.3. The lowest BCUT2D eigenvalue weighted by atomic mass is 9.78. The second kappa shape index (κ2) is 12.2. The van der Waals surface area contributed by atoms with Crippen molar-refractivity contribution in [3.8, 4) is 0 Å². The molecule has 2 aromatic carbocycles. The maximum absolute atomic E-state index is 12.9. The number of benzene rings is 2. The molecule has 0 saturated carbocycles. The van der Waals surface area contributed by atoms with Crippen molar-refractivity contribution in [3.05, 3.63) is 76.5 Å². The van der Waals surface area contributed by atoms with Crippen LogP contribution in [0.15, 0.2) is 48.7 Å². The van der Waals surface area contributed by atoms with Crippen LogP contribution in [0.2, 0.25) is 0 Å². The van der Waals surface area contributed by atoms with Crippen LogP contribution in [-0.4, -0.2) is 31.6 Å². The molecule has 0 fully saturated rings. The van der Waals surface area contributed by atoms with E-state index in [0.29, 0.717) is 5.56 Å². The van der Waals surface area contributed by atoms with Crippen molar-refractivity contribution in [2.45, 2.75) is 38.5 Å². The van der Waals surface area contributed by atoms with Gasteiger partial charge in [-0.3, -0.25) is 5.41 Å². The van der Waals surface area contributed by atoms with Gasteiger partial charge in [-0.15, -0.1) is 0 Å². The highest BCUT2D eigenvalue weighted by Gasteiger charge is 2.30. The Morgan fingerprint density at radius 1 is 1.19 bits per heavy atom. The number of fused-ring (bicyclic) bond motifs is 1. The third-order valence-electron chi connectivity index (χ3n) is 4.99. The zero-order valence-corrected chi connectivity index (χ0v) is 18.7. The van der Waals surface area contributed by atoms with Gasteiger partial charge in [0, 0.05) is 31.2 Å². The molecule has 32 heavy (non-hydrogen) atoms. The zero-order chi connectivity index (χ0) is 24.4. The van der Waals surface area contributed by atoms with Crippen LogP contribution >= 0.6 is 0 Å². The minimum absolute atomic E-state index is 0.0384. The molecule has 4 N–H and O–H groups in total. The lowest BCUT2D eigenvalue weighted by Gasteiger charge is -2.33. The maximum atomic E-state index is 12.9. The molecule has 174 valence electrons. The number of carbonyl (C=O) groups is 1. The third kappa shape index (κ3) is 7.32. The molecule has 1 aliphatic heterocycles. The smallest absolute Gasteiger partial charge is 0.335 e. The summed E-state index contributed by atoms with van der Waals surface area (Å²) in [5.41, 5.74) is 7.94. The van der Waals surface area contributed by atoms with Crippen LogP contribution in [0.25, 0.3) is 6.08 Å². The number of alkyl halides is 3. The normalized spacial score (nSPS) is 14.3. The van der Waals surface area contributed by atoms with Gasteiger partial charge in [0.2, 0.25) is 0 Å². The average Bonchev–Trinajstić information content (AvgIpc) is 2.79. The molecule has 0 bridgehead atoms. The summed E-state index contributed by atoms with van der Waals surface area (Å²) < 4.78 is 38.6. The van der Waals surface area contributed by atoms with E-state index in [2.05, 4.69) is 37.0 Å². The van der Waals surface area contributed by atoms with Gasteiger partial charge in [-0.2, -0.15) is 13.2 Å². The Bertz CT molecular complexity index is 910. The molecule has 1 aliphatic rings. The van der Waals surface area contributed by atoms with E-state index in [4.69, 9.17) is 10.2 Å². The van der Waals surface area contributed by atoms with Gasteiger partial charge < -0.3 is 20.7 Å². The van der Waals surface area contributed by atoms with Crippen LogP contribution < -0.4 is 11.1 Å². The summed E-state index contributed by atoms with van der Waals surface area (Å²) in [4.78, 5) is 9.56. The predicted molar refractivity (Wildman–Crippen MR) is 123 cm³/mol. The van der Waals surface area contributed by atoms with Crippen molar-refractivity contribution in [1.29, 1.82) is 5.41 Å². The number of halogens is 3. The molecule has 0 atom stereocenters. The van der Waals surface area contributed by atoms with Gasteiger partial charge in [-0.1, -0.05) is 44.2 Å². The Hall–Kier alpha value is -2.97. The minimum atomic E-state index is -4.37. The third-order valence-corrected chi connectivity index (χ3v) is 4.99. The average molecular weight is 449 g/mol. The fourth-order valence-corrected chi connectivity index (χ4v) is 3.47. The molecule has 0 aliphatic carbocycles. The van der Waals surface area contributed by atoms with Gasteiger partial charge in [-0.05, 0) is 47.5 Å². The molecule has 0 amide bonds. The Morgan fingerprint density at radius 3 is 2.50 bits per heavy atom. The fourth-order valence-electron chi connectivity index (χ4n) is 3.47. The molecule has 5 nitrogen and oxygen atoms in total. The predicted octanol–water partition coefficient (Wildman–Crippen LogP) is 4.56. The van der Waals surface area contributed by atoms with Crippen molar-refractivity contribution in [1.82, 2.24) is 10.2 Å². The van der Waals surface area contributed by atoms with E-state index in [0.717, 1.165) is 37.1 Å². The number of carbonyl (C=O) groups excluding carboxylic acids is 1. The van der Waals surface area contributed by atoms with E-state index >= 15 is 0 Å². The Balaban J connectivity index is 0.00000121. The van der Waals surface area contributed by atoms with E-state index in [1.807, 2.05) is 18.9 Å². The molecule has 3 rings (SSSR count). The SMILES string of the molecule is C=O.CC1(C)CNCc2ccc(/C=C/N(C=N)Cc3cccc(C(F)(F)F)c3)cc21.CN. The molecule has 8 heteroatoms. The van der Waals surface area contributed by atoms with Crippen LogP contribution in [-0.2, 0) is 29.5 Å². The van der Waals surface area contributed by atoms with Crippen molar-refractivity contribution >= 4 is 19.2 Å². The zero-order valence-electron chi connectivity index (χ0n) is 18.7. The second-order valence-corrected chi connectivity index (χ2v) is 7.72. The lowest BCUT2D eigenvalue weighted by molar-refractivity contribution is -0.137. The highest BCUT2D eigenvalue weighted by molar-refractivity contribution is 5.59. The molecule has 2 aromatic rings. The topological polar surface area (TPSA) is 82.2 Å². The summed E-state index contributed by atoms with van der Waals surface area (Å²) in [5, 5.41) is 11.0. The highest BCUT2D eigenvalue weighted by atomic mass is 19.4. The maximum Gasteiger partial charge on any atom is 0.416 e. The number of nitrogens with two attached hydrogens (primary N) is 1. The van der Waals surface area contributed by atoms with Crippen LogP contribution in [0.3, 0.4) is 0 Å². The summed E-state index contributed by atoms with van der Waals surface area (Å²) in [6, 6.07) is 11.5. The van der Waals surface area contributed by atoms with Gasteiger partial charge >= 0.3 is 6.18 Å². The van der Waals surface area contributed by atoms with E-state index < -0.39 is 11.7 Å². The first-order valence-electron chi connectivity index (χ1n) is 10.0. The van der Waals surface area contributed by atoms with Crippen LogP contribution in [0.4, 0.5) is 13.2 Å². The van der Waals surface area contributed by atoms with Crippen molar-refractivity contribution in [2.24, 2.45) is 5.73 Å². The first-order chi connectivity index (χ1) is 15.2. The molecule has 1 heterocycles. The molecular formula is C24H31F3N4O. The lowest BCUT2D eigenvalue weighted by Crippen LogP contribution is -2.38. The molecule has 0 saturated heterocycles. The van der Waals surface area contributed by atoms with Gasteiger partial charge in [-0.25, -0.2) is 0 Å². The van der Waals surface area contributed by atoms with Gasteiger partial charge in [0.1, 0.15) is 6.79 Å². The Labute approximate surface area is 187 Å². The van der Waals surface area contributed by atoms with Crippen molar-refractivity contribution in [2.75, 3.05) is 13.6 Å². The monoisotopic (exact) mass is 448 g/mol. The first-order valence-corrected chi connectivity index (χ1v) is 10.0. The first kappa shape index (κ1) is 27.1. The standard InChI is InChI=1S/C22H24F3N3.CH5N.CH2O/c1-21(2)14-27-12-18-7-6-16(11-20(18)21)8-9-28(15-26)13-17-4-3-5-19(10-17)22(23,24)25;2*1-2/h3-11,15,26-27H,12-14H2,1-2H3;2H2,1H3;1H2/b9-8+,26-15?;;. The van der Waals surface area contributed by atoms with Gasteiger partial charge in [0.15, 0.2) is 0 Å². The minimum Gasteiger partial charge on any atom is -0.335 e. The largest absolute Gasteiger partial charge is 0.416 e. The molecule has 0 unspecified atom stereocenters. The summed E-state index contributed by atoms with van der Waals surface area (Å²) in [6.07, 6.45) is 0.356. The van der Waals surface area contributed by atoms with Gasteiger partial charge in [0.25, 0.3) is 0 Å². The summed E-state index contributed by atoms with van der Waals surface area (Å²) in [5.74, 6) is 0. The molecule has 0 spiro atoms. The molecule has 0 aromatic heterocycles. The summed E-state index contributed by atoms with van der Waals surface area (Å²) in [7, 11) is 1.50. The van der Waals surface area contributed by atoms with Crippen molar-refractivity contribution in [3.63, 3.8) is 0 Å². The number of hydrogen-bond acceptors (Lipinski definition) is 4. The van der Waals surface area contributed by atoms with Crippen LogP contribution in [0.5, 0.6) is 0 Å². The van der Waals surface area contributed by atoms with Gasteiger partial charge in [0.05, 0.1) is 11.9 Å². The van der Waals surface area contributed by atoms with E-state index in [1.54, 1.807) is 17.2 Å². The van der Waals surface area contributed by atoms with Crippen molar-refractivity contribution < 1.29 is 18.0 Å². The Morgan fingerprint density at radius 2 is 1.88 bits per heavy atom.